The monoisotopic (exact) mass is 450 g/mol. The number of alkyl halides is 1. The summed E-state index contributed by atoms with van der Waals surface area (Å²) >= 11 is 19.6. The number of fused-ring (bicyclic) bond motifs is 1. The second kappa shape index (κ2) is 6.37. The second-order valence-electron chi connectivity index (χ2n) is 4.55. The zero-order chi connectivity index (χ0) is 15.0. The molecule has 2 aromatic rings. The molecule has 1 atom stereocenters. The highest BCUT2D eigenvalue weighted by Crippen LogP contribution is 2.43. The molecule has 0 N–H and O–H groups in total. The molecule has 0 aliphatic carbocycles. The van der Waals surface area contributed by atoms with Gasteiger partial charge in [-0.1, -0.05) is 45.2 Å². The first-order valence-corrected chi connectivity index (χ1v) is 8.71. The van der Waals surface area contributed by atoms with Crippen LogP contribution in [0.4, 0.5) is 0 Å². The summed E-state index contributed by atoms with van der Waals surface area (Å²) in [7, 11) is 0. The maximum atomic E-state index is 6.37. The Hall–Kier alpha value is -0.420. The summed E-state index contributed by atoms with van der Waals surface area (Å²) < 4.78 is 12.0. The molecule has 6 heteroatoms. The second-order valence-corrected chi connectivity index (χ2v) is 7.14. The van der Waals surface area contributed by atoms with Crippen LogP contribution in [-0.4, -0.2) is 13.2 Å². The fourth-order valence-corrected chi connectivity index (χ4v) is 3.62. The topological polar surface area (TPSA) is 18.5 Å². The van der Waals surface area contributed by atoms with Gasteiger partial charge in [0, 0.05) is 15.6 Å². The highest BCUT2D eigenvalue weighted by Gasteiger charge is 2.20. The summed E-state index contributed by atoms with van der Waals surface area (Å²) in [6, 6.07) is 9.50. The van der Waals surface area contributed by atoms with E-state index in [0.717, 1.165) is 15.6 Å². The molecule has 3 rings (SSSR count). The number of halogens is 4. The molecular weight excluding hydrogens is 443 g/mol. The summed E-state index contributed by atoms with van der Waals surface area (Å²) in [5, 5.41) is 1.28. The average molecular weight is 453 g/mol. The summed E-state index contributed by atoms with van der Waals surface area (Å²) in [5.41, 5.74) is 1.93. The largest absolute Gasteiger partial charge is 0.486 e. The number of benzene rings is 2. The highest BCUT2D eigenvalue weighted by atomic mass is 79.9. The van der Waals surface area contributed by atoms with Crippen molar-refractivity contribution in [1.82, 2.24) is 0 Å². The van der Waals surface area contributed by atoms with Gasteiger partial charge in [0.05, 0.1) is 9.85 Å². The standard InChI is InChI=1S/C15H10Br2Cl2O2/c16-10-2-1-8(5-12(10)19)15(17)9-6-13-14(7-11(9)18)21-4-3-20-13/h1-2,5-7,15H,3-4H2. The molecule has 0 aromatic heterocycles. The Morgan fingerprint density at radius 1 is 0.952 bits per heavy atom. The van der Waals surface area contributed by atoms with Crippen LogP contribution in [0.2, 0.25) is 10.0 Å². The van der Waals surface area contributed by atoms with Gasteiger partial charge in [0.15, 0.2) is 11.5 Å². The van der Waals surface area contributed by atoms with E-state index < -0.39 is 0 Å². The third kappa shape index (κ3) is 3.19. The molecule has 0 spiro atoms. The predicted octanol–water partition coefficient (Wildman–Crippen LogP) is 6.01. The molecule has 2 nitrogen and oxygen atoms in total. The van der Waals surface area contributed by atoms with E-state index in [1.54, 1.807) is 6.07 Å². The van der Waals surface area contributed by atoms with Gasteiger partial charge >= 0.3 is 0 Å². The van der Waals surface area contributed by atoms with Crippen LogP contribution >= 0.6 is 55.1 Å². The molecule has 1 unspecified atom stereocenters. The Morgan fingerprint density at radius 3 is 2.29 bits per heavy atom. The molecule has 2 aromatic carbocycles. The molecule has 0 fully saturated rings. The van der Waals surface area contributed by atoms with E-state index >= 15 is 0 Å². The maximum absolute atomic E-state index is 6.37. The molecule has 21 heavy (non-hydrogen) atoms. The molecule has 1 aliphatic rings. The van der Waals surface area contributed by atoms with Crippen LogP contribution in [0.25, 0.3) is 0 Å². The minimum Gasteiger partial charge on any atom is -0.486 e. The smallest absolute Gasteiger partial charge is 0.162 e. The Morgan fingerprint density at radius 2 is 1.62 bits per heavy atom. The van der Waals surface area contributed by atoms with Crippen molar-refractivity contribution in [1.29, 1.82) is 0 Å². The van der Waals surface area contributed by atoms with Gasteiger partial charge in [-0.05, 0) is 45.3 Å². The van der Waals surface area contributed by atoms with E-state index in [2.05, 4.69) is 31.9 Å². The lowest BCUT2D eigenvalue weighted by Crippen LogP contribution is -2.15. The molecule has 1 aliphatic heterocycles. The van der Waals surface area contributed by atoms with Crippen molar-refractivity contribution < 1.29 is 9.47 Å². The van der Waals surface area contributed by atoms with Crippen molar-refractivity contribution in [3.63, 3.8) is 0 Å². The molecule has 110 valence electrons. The van der Waals surface area contributed by atoms with E-state index in [1.807, 2.05) is 24.3 Å². The summed E-state index contributed by atoms with van der Waals surface area (Å²) in [5.74, 6) is 1.40. The lowest BCUT2D eigenvalue weighted by atomic mass is 10.0. The first kappa shape index (κ1) is 15.5. The molecule has 0 radical (unpaired) electrons. The number of rotatable bonds is 2. The van der Waals surface area contributed by atoms with Gasteiger partial charge in [-0.25, -0.2) is 0 Å². The summed E-state index contributed by atoms with van der Waals surface area (Å²) in [4.78, 5) is -0.0774. The van der Waals surface area contributed by atoms with Gasteiger partial charge in [0.25, 0.3) is 0 Å². The zero-order valence-electron chi connectivity index (χ0n) is 10.7. The lowest BCUT2D eigenvalue weighted by Gasteiger charge is -2.21. The van der Waals surface area contributed by atoms with Crippen molar-refractivity contribution in [2.75, 3.05) is 13.2 Å². The van der Waals surface area contributed by atoms with Gasteiger partial charge in [0.1, 0.15) is 13.2 Å². The Kier molecular flexibility index (Phi) is 4.69. The fourth-order valence-electron chi connectivity index (χ4n) is 2.12. The van der Waals surface area contributed by atoms with Crippen LogP contribution < -0.4 is 9.47 Å². The molecule has 0 bridgehead atoms. The molecule has 1 heterocycles. The quantitative estimate of drug-likeness (QED) is 0.519. The van der Waals surface area contributed by atoms with Crippen molar-refractivity contribution in [3.05, 3.63) is 56.0 Å². The summed E-state index contributed by atoms with van der Waals surface area (Å²) in [6.45, 7) is 1.09. The first-order chi connectivity index (χ1) is 10.1. The minimum absolute atomic E-state index is 0.0774. The molecule has 0 amide bonds. The van der Waals surface area contributed by atoms with E-state index in [0.29, 0.717) is 34.8 Å². The average Bonchev–Trinajstić information content (AvgIpc) is 2.48. The van der Waals surface area contributed by atoms with Crippen molar-refractivity contribution in [2.45, 2.75) is 4.83 Å². The first-order valence-electron chi connectivity index (χ1n) is 6.24. The normalized spacial score (nSPS) is 14.9. The minimum atomic E-state index is -0.0774. The van der Waals surface area contributed by atoms with Gasteiger partial charge in [-0.15, -0.1) is 0 Å². The third-order valence-electron chi connectivity index (χ3n) is 3.17. The van der Waals surface area contributed by atoms with Gasteiger partial charge < -0.3 is 9.47 Å². The highest BCUT2D eigenvalue weighted by molar-refractivity contribution is 9.10. The Balaban J connectivity index is 2.00. The van der Waals surface area contributed by atoms with Crippen LogP contribution in [0, 0.1) is 0 Å². The maximum Gasteiger partial charge on any atom is 0.162 e. The Bertz CT molecular complexity index is 692. The van der Waals surface area contributed by atoms with Gasteiger partial charge in [-0.2, -0.15) is 0 Å². The van der Waals surface area contributed by atoms with E-state index in [1.165, 1.54) is 0 Å². The summed E-state index contributed by atoms with van der Waals surface area (Å²) in [6.07, 6.45) is 0. The Labute approximate surface area is 149 Å². The lowest BCUT2D eigenvalue weighted by molar-refractivity contribution is 0.171. The van der Waals surface area contributed by atoms with Crippen molar-refractivity contribution in [2.24, 2.45) is 0 Å². The van der Waals surface area contributed by atoms with Crippen molar-refractivity contribution >= 4 is 55.1 Å². The van der Waals surface area contributed by atoms with E-state index in [9.17, 15) is 0 Å². The van der Waals surface area contributed by atoms with Crippen LogP contribution in [-0.2, 0) is 0 Å². The SMILES string of the molecule is Clc1cc(C(Br)c2cc3c(cc2Cl)OCCO3)ccc1Br. The third-order valence-corrected chi connectivity index (χ3v) is 5.75. The predicted molar refractivity (Wildman–Crippen MR) is 92.4 cm³/mol. The van der Waals surface area contributed by atoms with E-state index in [4.69, 9.17) is 32.7 Å². The molecule has 0 saturated carbocycles. The molecular formula is C15H10Br2Cl2O2. The van der Waals surface area contributed by atoms with Gasteiger partial charge in [0.2, 0.25) is 0 Å². The van der Waals surface area contributed by atoms with Crippen molar-refractivity contribution in [3.8, 4) is 11.5 Å². The van der Waals surface area contributed by atoms with E-state index in [-0.39, 0.29) is 4.83 Å². The van der Waals surface area contributed by atoms with Crippen LogP contribution in [0.3, 0.4) is 0 Å². The number of hydrogen-bond acceptors (Lipinski definition) is 2. The fraction of sp³-hybridized carbons (Fsp3) is 0.200. The van der Waals surface area contributed by atoms with Gasteiger partial charge in [-0.3, -0.25) is 0 Å². The molecule has 0 saturated heterocycles. The number of ether oxygens (including phenoxy) is 2. The van der Waals surface area contributed by atoms with Crippen LogP contribution in [0.15, 0.2) is 34.8 Å². The number of hydrogen-bond donors (Lipinski definition) is 0. The van der Waals surface area contributed by atoms with Crippen LogP contribution in [0.1, 0.15) is 16.0 Å². The zero-order valence-corrected chi connectivity index (χ0v) is 15.4. The van der Waals surface area contributed by atoms with Crippen LogP contribution in [0.5, 0.6) is 11.5 Å².